The van der Waals surface area contributed by atoms with E-state index in [1.54, 1.807) is 12.1 Å². The maximum absolute atomic E-state index is 12.6. The van der Waals surface area contributed by atoms with E-state index in [1.165, 1.54) is 12.1 Å². The first kappa shape index (κ1) is 23.8. The summed E-state index contributed by atoms with van der Waals surface area (Å²) in [5.41, 5.74) is 1.34. The van der Waals surface area contributed by atoms with Gasteiger partial charge in [-0.2, -0.15) is 0 Å². The highest BCUT2D eigenvalue weighted by Crippen LogP contribution is 2.31. The van der Waals surface area contributed by atoms with E-state index in [9.17, 15) is 13.2 Å². The Morgan fingerprint density at radius 3 is 2.16 bits per heavy atom. The molecule has 170 valence electrons. The molecule has 32 heavy (non-hydrogen) atoms. The van der Waals surface area contributed by atoms with Gasteiger partial charge in [-0.25, -0.2) is 0 Å². The molecule has 0 saturated carbocycles. The summed E-state index contributed by atoms with van der Waals surface area (Å²) < 4.78 is 47.9. The van der Waals surface area contributed by atoms with Crippen LogP contribution < -0.4 is 14.4 Å². The minimum Gasteiger partial charge on any atom is -0.457 e. The Labute approximate surface area is 191 Å². The van der Waals surface area contributed by atoms with Crippen LogP contribution in [0.15, 0.2) is 78.9 Å². The second kappa shape index (κ2) is 10.2. The first-order valence-corrected chi connectivity index (χ1v) is 10.7. The molecular weight excluding hydrogens is 439 g/mol. The van der Waals surface area contributed by atoms with Gasteiger partial charge in [-0.3, -0.25) is 0 Å². The monoisotopic (exact) mass is 463 g/mol. The molecule has 0 N–H and O–H groups in total. The molecule has 3 rings (SSSR count). The van der Waals surface area contributed by atoms with Crippen LogP contribution in [-0.4, -0.2) is 18.8 Å². The first-order valence-electron chi connectivity index (χ1n) is 10.1. The molecule has 3 aromatic rings. The average Bonchev–Trinajstić information content (AvgIpc) is 2.73. The van der Waals surface area contributed by atoms with Gasteiger partial charge < -0.3 is 14.4 Å². The fourth-order valence-electron chi connectivity index (χ4n) is 3.23. The highest BCUT2D eigenvalue weighted by atomic mass is 35.5. The largest absolute Gasteiger partial charge is 0.573 e. The zero-order valence-corrected chi connectivity index (χ0v) is 18.7. The molecular formula is C25H25ClF3NO2. The Balaban J connectivity index is 1.87. The van der Waals surface area contributed by atoms with Crippen molar-refractivity contribution < 1.29 is 22.6 Å². The Hall–Kier alpha value is -2.86. The lowest BCUT2D eigenvalue weighted by Gasteiger charge is -2.33. The van der Waals surface area contributed by atoms with Crippen molar-refractivity contribution in [3.63, 3.8) is 0 Å². The molecule has 0 aliphatic heterocycles. The van der Waals surface area contributed by atoms with E-state index in [2.05, 4.69) is 9.64 Å². The molecule has 0 amide bonds. The number of hydrogen-bond donors (Lipinski definition) is 0. The lowest BCUT2D eigenvalue weighted by Crippen LogP contribution is -2.35. The topological polar surface area (TPSA) is 21.7 Å². The number of halogens is 4. The van der Waals surface area contributed by atoms with Crippen LogP contribution in [0.3, 0.4) is 0 Å². The van der Waals surface area contributed by atoms with E-state index in [0.717, 1.165) is 5.69 Å². The summed E-state index contributed by atoms with van der Waals surface area (Å²) in [7, 11) is 0. The van der Waals surface area contributed by atoms with E-state index >= 15 is 0 Å². The van der Waals surface area contributed by atoms with Gasteiger partial charge >= 0.3 is 6.36 Å². The molecule has 0 aliphatic rings. The van der Waals surface area contributed by atoms with E-state index in [4.69, 9.17) is 16.3 Å². The van der Waals surface area contributed by atoms with Gasteiger partial charge in [0.15, 0.2) is 0 Å². The Morgan fingerprint density at radius 2 is 1.47 bits per heavy atom. The molecule has 7 heteroatoms. The summed E-state index contributed by atoms with van der Waals surface area (Å²) in [4.78, 5) is 2.08. The summed E-state index contributed by atoms with van der Waals surface area (Å²) in [5.74, 6) is 1.57. The first-order chi connectivity index (χ1) is 15.1. The molecule has 0 atom stereocenters. The standard InChI is InChI=1S/C25H25ClF3NO2/c1-24(2,17-26)18-30(16-19-8-6-13-23(14-19)32-25(27,28)29)20-9-7-12-22(15-20)31-21-10-4-3-5-11-21/h3-15H,16-18H2,1-2H3. The van der Waals surface area contributed by atoms with Crippen molar-refractivity contribution >= 4 is 17.3 Å². The van der Waals surface area contributed by atoms with Gasteiger partial charge in [0.1, 0.15) is 17.2 Å². The number of ether oxygens (including phenoxy) is 2. The third-order valence-electron chi connectivity index (χ3n) is 4.65. The van der Waals surface area contributed by atoms with Crippen molar-refractivity contribution in [2.75, 3.05) is 17.3 Å². The molecule has 0 bridgehead atoms. The van der Waals surface area contributed by atoms with Gasteiger partial charge in [-0.1, -0.05) is 50.2 Å². The second-order valence-corrected chi connectivity index (χ2v) is 8.53. The van der Waals surface area contributed by atoms with Gasteiger partial charge in [0.25, 0.3) is 0 Å². The highest BCUT2D eigenvalue weighted by Gasteiger charge is 2.31. The Bertz CT molecular complexity index is 1010. The fourth-order valence-corrected chi connectivity index (χ4v) is 3.31. The summed E-state index contributed by atoms with van der Waals surface area (Å²) in [6.07, 6.45) is -4.73. The van der Waals surface area contributed by atoms with E-state index in [-0.39, 0.29) is 11.2 Å². The van der Waals surface area contributed by atoms with Crippen molar-refractivity contribution in [1.29, 1.82) is 0 Å². The number of nitrogens with zero attached hydrogens (tertiary/aromatic N) is 1. The van der Waals surface area contributed by atoms with E-state index in [0.29, 0.717) is 36.0 Å². The maximum Gasteiger partial charge on any atom is 0.573 e. The number of para-hydroxylation sites is 1. The molecule has 0 fully saturated rings. The van der Waals surface area contributed by atoms with Crippen LogP contribution in [-0.2, 0) is 6.54 Å². The van der Waals surface area contributed by atoms with Gasteiger partial charge in [0, 0.05) is 30.7 Å². The van der Waals surface area contributed by atoms with Gasteiger partial charge in [0.05, 0.1) is 0 Å². The predicted molar refractivity (Wildman–Crippen MR) is 122 cm³/mol. The summed E-state index contributed by atoms with van der Waals surface area (Å²) in [6.45, 7) is 5.06. The molecule has 0 heterocycles. The third-order valence-corrected chi connectivity index (χ3v) is 5.37. The average molecular weight is 464 g/mol. The highest BCUT2D eigenvalue weighted by molar-refractivity contribution is 6.18. The van der Waals surface area contributed by atoms with Crippen molar-refractivity contribution in [2.24, 2.45) is 5.41 Å². The van der Waals surface area contributed by atoms with Gasteiger partial charge in [0.2, 0.25) is 0 Å². The maximum atomic E-state index is 12.6. The van der Waals surface area contributed by atoms with Crippen molar-refractivity contribution in [3.8, 4) is 17.2 Å². The molecule has 0 radical (unpaired) electrons. The number of benzene rings is 3. The molecule has 0 spiro atoms. The lowest BCUT2D eigenvalue weighted by molar-refractivity contribution is -0.274. The van der Waals surface area contributed by atoms with Crippen LogP contribution >= 0.6 is 11.6 Å². The SMILES string of the molecule is CC(C)(CCl)CN(Cc1cccc(OC(F)(F)F)c1)c1cccc(Oc2ccccc2)c1. The van der Waals surface area contributed by atoms with Crippen LogP contribution in [0.2, 0.25) is 0 Å². The fraction of sp³-hybridized carbons (Fsp3) is 0.280. The quantitative estimate of drug-likeness (QED) is 0.304. The summed E-state index contributed by atoms with van der Waals surface area (Å²) >= 11 is 6.17. The summed E-state index contributed by atoms with van der Waals surface area (Å²) in [6, 6.07) is 23.1. The van der Waals surface area contributed by atoms with Gasteiger partial charge in [-0.05, 0) is 47.4 Å². The second-order valence-electron chi connectivity index (χ2n) is 8.26. The van der Waals surface area contributed by atoms with Crippen LogP contribution in [0.5, 0.6) is 17.2 Å². The molecule has 3 aromatic carbocycles. The van der Waals surface area contributed by atoms with E-state index < -0.39 is 6.36 Å². The van der Waals surface area contributed by atoms with Crippen molar-refractivity contribution in [2.45, 2.75) is 26.8 Å². The van der Waals surface area contributed by atoms with E-state index in [1.807, 2.05) is 68.4 Å². The molecule has 0 unspecified atom stereocenters. The van der Waals surface area contributed by atoms with Crippen LogP contribution in [0.25, 0.3) is 0 Å². The zero-order chi connectivity index (χ0) is 23.2. The number of rotatable bonds is 9. The molecule has 0 aromatic heterocycles. The predicted octanol–water partition coefficient (Wildman–Crippen LogP) is 7.65. The summed E-state index contributed by atoms with van der Waals surface area (Å²) in [5, 5.41) is 0. The Morgan fingerprint density at radius 1 is 0.812 bits per heavy atom. The van der Waals surface area contributed by atoms with Crippen LogP contribution in [0.1, 0.15) is 19.4 Å². The molecule has 0 aliphatic carbocycles. The van der Waals surface area contributed by atoms with Crippen LogP contribution in [0, 0.1) is 5.41 Å². The Kier molecular flexibility index (Phi) is 7.56. The number of alkyl halides is 4. The third kappa shape index (κ3) is 7.38. The zero-order valence-electron chi connectivity index (χ0n) is 17.9. The molecule has 3 nitrogen and oxygen atoms in total. The smallest absolute Gasteiger partial charge is 0.457 e. The normalized spacial score (nSPS) is 11.8. The van der Waals surface area contributed by atoms with Crippen molar-refractivity contribution in [3.05, 3.63) is 84.4 Å². The lowest BCUT2D eigenvalue weighted by atomic mass is 9.95. The van der Waals surface area contributed by atoms with Gasteiger partial charge in [-0.15, -0.1) is 24.8 Å². The number of anilines is 1. The number of hydrogen-bond acceptors (Lipinski definition) is 3. The minimum absolute atomic E-state index is 0.224. The minimum atomic E-state index is -4.73. The van der Waals surface area contributed by atoms with Crippen molar-refractivity contribution in [1.82, 2.24) is 0 Å². The molecule has 0 saturated heterocycles. The van der Waals surface area contributed by atoms with Crippen LogP contribution in [0.4, 0.5) is 18.9 Å².